The standard InChI is InChI=1S/C30H36ClN5O3.C19H19BrClN3.C7H11N2O.CH4/c1-6-30(38,25-18-32-19-34(25)5)24-16-20-8-7-11-33-26(20)27(22-10-9-21(31)17-23(22)24)35-12-14-36(15-13-35)28(37)39-29(2,3)4;1-23-7-9-24(10-8-23)19-15-5-4-14(21)12-16(15)17(20)11-13-3-2-6-22-18(13)19;1-3-7(10)6-4-8-5-9(6)2;/h7-11,16-19,27,38H,6,12-15H2,1-5H3;2-6,11-12,19H,7-10H2,1H3;5H,3-4H2,1-2H3;1H4/q;;+1;/t27-,30?;19-;;/m00../s1. The van der Waals surface area contributed by atoms with Gasteiger partial charge >= 0.3 is 6.09 Å². The molecule has 5 aliphatic rings. The highest BCUT2D eigenvalue weighted by Crippen LogP contribution is 2.48. The van der Waals surface area contributed by atoms with Crippen molar-refractivity contribution in [3.05, 3.63) is 146 Å². The van der Waals surface area contributed by atoms with Crippen LogP contribution in [-0.4, -0.2) is 151 Å². The van der Waals surface area contributed by atoms with Gasteiger partial charge in [0.15, 0.2) is 12.3 Å². The summed E-state index contributed by atoms with van der Waals surface area (Å²) in [7, 11) is 5.92. The van der Waals surface area contributed by atoms with E-state index in [4.69, 9.17) is 37.9 Å². The fraction of sp³-hybridized carbons (Fsp3) is 0.421. The summed E-state index contributed by atoms with van der Waals surface area (Å²) >= 11 is 16.6. The highest BCUT2D eigenvalue weighted by Gasteiger charge is 2.41. The number of aliphatic hydroxyl groups is 1. The average Bonchev–Trinajstić information content (AvgIpc) is 3.96. The largest absolute Gasteiger partial charge is 0.444 e. The van der Waals surface area contributed by atoms with Crippen molar-refractivity contribution in [1.29, 1.82) is 0 Å². The van der Waals surface area contributed by atoms with Gasteiger partial charge in [-0.05, 0) is 122 Å². The number of nitrogens with zero attached hydrogens (tertiary/aromatic N) is 10. The van der Waals surface area contributed by atoms with E-state index in [1.54, 1.807) is 28.3 Å². The number of hydrogen-bond donors (Lipinski definition) is 1. The number of aliphatic imine (C=N–C) groups is 1. The molecule has 3 aliphatic heterocycles. The first kappa shape index (κ1) is 56.3. The number of amides is 1. The Balaban J connectivity index is 0.000000192. The average molecular weight is 1110 g/mol. The molecular weight excluding hydrogens is 1040 g/mol. The lowest BCUT2D eigenvalue weighted by Crippen LogP contribution is -2.51. The number of ketones is 1. The molecule has 1 amide bonds. The van der Waals surface area contributed by atoms with Crippen LogP contribution in [0.15, 0.2) is 90.6 Å². The Morgan fingerprint density at radius 2 is 1.36 bits per heavy atom. The van der Waals surface area contributed by atoms with E-state index in [-0.39, 0.29) is 31.4 Å². The molecule has 2 aliphatic carbocycles. The second-order valence-electron chi connectivity index (χ2n) is 20.0. The zero-order valence-electron chi connectivity index (χ0n) is 43.0. The molecule has 14 nitrogen and oxygen atoms in total. The number of piperazine rings is 2. The molecule has 2 saturated heterocycles. The van der Waals surface area contributed by atoms with Gasteiger partial charge in [0, 0.05) is 92.7 Å². The van der Waals surface area contributed by atoms with Crippen LogP contribution < -0.4 is 0 Å². The lowest BCUT2D eigenvalue weighted by Gasteiger charge is -2.40. The van der Waals surface area contributed by atoms with Gasteiger partial charge in [0.2, 0.25) is 5.78 Å². The monoisotopic (exact) mass is 1110 g/mol. The minimum atomic E-state index is -1.30. The Labute approximate surface area is 455 Å². The molecule has 6 heterocycles. The number of carbonyl (C=O) groups is 2. The van der Waals surface area contributed by atoms with Crippen LogP contribution in [0.2, 0.25) is 10.0 Å². The molecule has 1 N–H and O–H groups in total. The van der Waals surface area contributed by atoms with Gasteiger partial charge in [-0.15, -0.1) is 0 Å². The first-order valence-corrected chi connectivity index (χ1v) is 26.5. The first-order chi connectivity index (χ1) is 34.9. The van der Waals surface area contributed by atoms with Crippen molar-refractivity contribution in [2.24, 2.45) is 12.0 Å². The Morgan fingerprint density at radius 3 is 1.88 bits per heavy atom. The lowest BCUT2D eigenvalue weighted by molar-refractivity contribution is -0.356. The molecule has 0 saturated carbocycles. The number of rotatable bonds is 7. The number of pyridine rings is 2. The maximum atomic E-state index is 12.7. The zero-order chi connectivity index (χ0) is 52.2. The highest BCUT2D eigenvalue weighted by atomic mass is 79.9. The minimum Gasteiger partial charge on any atom is -0.444 e. The predicted molar refractivity (Wildman–Crippen MR) is 302 cm³/mol. The number of carbonyl (C=O) groups excluding carboxylic acids is 2. The fourth-order valence-electron chi connectivity index (χ4n) is 10.1. The fourth-order valence-corrected chi connectivity index (χ4v) is 11.0. The van der Waals surface area contributed by atoms with Gasteiger partial charge in [-0.2, -0.15) is 0 Å². The third kappa shape index (κ3) is 12.3. The van der Waals surface area contributed by atoms with Gasteiger partial charge < -0.3 is 24.2 Å². The number of aromatic nitrogens is 4. The van der Waals surface area contributed by atoms with Crippen molar-refractivity contribution >= 4 is 85.3 Å². The number of halogens is 3. The maximum Gasteiger partial charge on any atom is 0.410 e. The maximum absolute atomic E-state index is 12.7. The molecule has 74 heavy (non-hydrogen) atoms. The topological polar surface area (TPSA) is 136 Å². The molecule has 17 heteroatoms. The molecule has 0 radical (unpaired) electrons. The number of ether oxygens (including phenoxy) is 1. The van der Waals surface area contributed by atoms with Crippen molar-refractivity contribution in [2.45, 2.75) is 78.2 Å². The Bertz CT molecular complexity index is 2970. The normalized spacial score (nSPS) is 19.5. The van der Waals surface area contributed by atoms with E-state index in [9.17, 15) is 14.7 Å². The Kier molecular flexibility index (Phi) is 18.3. The van der Waals surface area contributed by atoms with Crippen LogP contribution in [0.5, 0.6) is 0 Å². The molecule has 3 aromatic heterocycles. The van der Waals surface area contributed by atoms with E-state index < -0.39 is 11.2 Å². The number of imidazole rings is 1. The highest BCUT2D eigenvalue weighted by molar-refractivity contribution is 9.15. The van der Waals surface area contributed by atoms with Crippen LogP contribution in [0, 0.1) is 0 Å². The minimum absolute atomic E-state index is 0. The Morgan fingerprint density at radius 1 is 0.811 bits per heavy atom. The summed E-state index contributed by atoms with van der Waals surface area (Å²) in [6.07, 6.45) is 13.7. The van der Waals surface area contributed by atoms with Gasteiger partial charge in [0.1, 0.15) is 11.2 Å². The number of fused-ring (bicyclic) bond motifs is 4. The van der Waals surface area contributed by atoms with Gasteiger partial charge in [0.25, 0.3) is 6.34 Å². The summed E-state index contributed by atoms with van der Waals surface area (Å²) in [5, 5.41) is 13.6. The molecule has 5 aromatic rings. The van der Waals surface area contributed by atoms with Crippen LogP contribution in [-0.2, 0) is 22.2 Å². The van der Waals surface area contributed by atoms with Crippen molar-refractivity contribution in [3.8, 4) is 0 Å². The first-order valence-electron chi connectivity index (χ1n) is 24.9. The second kappa shape index (κ2) is 24.1. The van der Waals surface area contributed by atoms with Crippen molar-refractivity contribution in [1.82, 2.24) is 39.1 Å². The quantitative estimate of drug-likeness (QED) is 0.157. The third-order valence-corrected chi connectivity index (χ3v) is 15.1. The SMILES string of the molecule is C.CCC(=O)C1=[N+](C)C=NC1.CCC(O)(C1=Cc2cccnc2[C@@H](N2CCN(C(=O)OC(C)(C)C)CC2)c2ccc(Cl)cc21)c1cncn1C.CN1CCN([C@H]2c3ccc(Cl)cc3C(Br)=Cc3cccnc32)CC1. The van der Waals surface area contributed by atoms with Crippen LogP contribution >= 0.6 is 39.1 Å². The Hall–Kier alpha value is -5.39. The molecule has 2 fully saturated rings. The molecular formula is C57H70BrCl2N10O4+. The van der Waals surface area contributed by atoms with Crippen LogP contribution in [0.1, 0.15) is 117 Å². The van der Waals surface area contributed by atoms with E-state index in [2.05, 4.69) is 65.9 Å². The molecule has 0 bridgehead atoms. The van der Waals surface area contributed by atoms with E-state index in [1.807, 2.05) is 120 Å². The molecule has 0 spiro atoms. The number of Topliss-reactive ketones (excluding diaryl/α,β-unsaturated/α-hetero) is 1. The van der Waals surface area contributed by atoms with Gasteiger partial charge in [0.05, 0.1) is 48.7 Å². The number of aryl methyl sites for hydroxylation is 1. The lowest BCUT2D eigenvalue weighted by atomic mass is 9.81. The van der Waals surface area contributed by atoms with E-state index in [0.29, 0.717) is 56.3 Å². The molecule has 3 atom stereocenters. The van der Waals surface area contributed by atoms with Gasteiger partial charge in [-0.1, -0.05) is 89.7 Å². The summed E-state index contributed by atoms with van der Waals surface area (Å²) in [4.78, 5) is 50.7. The van der Waals surface area contributed by atoms with Crippen molar-refractivity contribution in [3.63, 3.8) is 0 Å². The van der Waals surface area contributed by atoms with Crippen LogP contribution in [0.4, 0.5) is 4.79 Å². The molecule has 392 valence electrons. The smallest absolute Gasteiger partial charge is 0.410 e. The molecule has 2 aromatic carbocycles. The molecule has 1 unspecified atom stereocenters. The van der Waals surface area contributed by atoms with Crippen LogP contribution in [0.25, 0.3) is 22.2 Å². The number of benzene rings is 2. The molecule has 10 rings (SSSR count). The van der Waals surface area contributed by atoms with Crippen molar-refractivity contribution < 1.29 is 24.0 Å². The summed E-state index contributed by atoms with van der Waals surface area (Å²) in [5.74, 6) is 0.194. The van der Waals surface area contributed by atoms with E-state index >= 15 is 0 Å². The van der Waals surface area contributed by atoms with Crippen LogP contribution in [0.3, 0.4) is 0 Å². The van der Waals surface area contributed by atoms with E-state index in [1.165, 1.54) is 11.1 Å². The number of hydrogen-bond acceptors (Lipinski definition) is 11. The van der Waals surface area contributed by atoms with E-state index in [0.717, 1.165) is 80.6 Å². The summed E-state index contributed by atoms with van der Waals surface area (Å²) in [6.45, 7) is 16.7. The van der Waals surface area contributed by atoms with Gasteiger partial charge in [-0.3, -0.25) is 24.6 Å². The van der Waals surface area contributed by atoms with Gasteiger partial charge in [-0.25, -0.2) is 14.4 Å². The predicted octanol–water partition coefficient (Wildman–Crippen LogP) is 10.3. The second-order valence-corrected chi connectivity index (χ2v) is 21.7. The zero-order valence-corrected chi connectivity index (χ0v) is 46.1. The summed E-state index contributed by atoms with van der Waals surface area (Å²) in [5.41, 5.74) is 8.89. The third-order valence-electron chi connectivity index (χ3n) is 14.0. The summed E-state index contributed by atoms with van der Waals surface area (Å²) < 4.78 is 10.3. The summed E-state index contributed by atoms with van der Waals surface area (Å²) in [6, 6.07) is 20.1. The van der Waals surface area contributed by atoms with Crippen molar-refractivity contribution in [2.75, 3.05) is 73.0 Å². The number of likely N-dealkylation sites (N-methyl/N-ethyl adjacent to an activating group) is 1.